The summed E-state index contributed by atoms with van der Waals surface area (Å²) in [5.41, 5.74) is 9.49. The van der Waals surface area contributed by atoms with Crippen LogP contribution in [0.1, 0.15) is 39.7 Å². The van der Waals surface area contributed by atoms with Crippen molar-refractivity contribution >= 4 is 11.3 Å². The Balaban J connectivity index is 3.06. The molecule has 1 heteroatoms. The minimum atomic E-state index is 0.563. The van der Waals surface area contributed by atoms with Gasteiger partial charge in [0.15, 0.2) is 0 Å². The summed E-state index contributed by atoms with van der Waals surface area (Å²) in [7, 11) is 0. The second kappa shape index (κ2) is 5.74. The van der Waals surface area contributed by atoms with Crippen molar-refractivity contribution in [2.45, 2.75) is 34.1 Å². The fourth-order valence-electron chi connectivity index (χ4n) is 1.90. The van der Waals surface area contributed by atoms with Crippen LogP contribution in [0.4, 0.5) is 5.69 Å². The zero-order chi connectivity index (χ0) is 12.1. The molecule has 0 atom stereocenters. The Morgan fingerprint density at radius 2 is 1.81 bits per heavy atom. The number of para-hydroxylation sites is 1. The third kappa shape index (κ3) is 3.73. The summed E-state index contributed by atoms with van der Waals surface area (Å²) >= 11 is 0. The van der Waals surface area contributed by atoms with Crippen LogP contribution < -0.4 is 5.73 Å². The maximum absolute atomic E-state index is 6.03. The Morgan fingerprint density at radius 3 is 2.31 bits per heavy atom. The number of nitrogen functional groups attached to an aromatic ring is 1. The van der Waals surface area contributed by atoms with Crippen LogP contribution in [0, 0.1) is 11.8 Å². The molecule has 1 rings (SSSR count). The maximum atomic E-state index is 6.03. The van der Waals surface area contributed by atoms with Crippen molar-refractivity contribution in [3.63, 3.8) is 0 Å². The molecule has 0 aromatic heterocycles. The van der Waals surface area contributed by atoms with Crippen LogP contribution in [0.25, 0.3) is 5.57 Å². The van der Waals surface area contributed by atoms with E-state index in [2.05, 4.69) is 45.9 Å². The van der Waals surface area contributed by atoms with E-state index in [-0.39, 0.29) is 0 Å². The van der Waals surface area contributed by atoms with Gasteiger partial charge in [0.2, 0.25) is 0 Å². The van der Waals surface area contributed by atoms with Gasteiger partial charge in [-0.25, -0.2) is 0 Å². The van der Waals surface area contributed by atoms with Crippen LogP contribution in [0.3, 0.4) is 0 Å². The first-order chi connectivity index (χ1) is 7.50. The van der Waals surface area contributed by atoms with Gasteiger partial charge in [-0.1, -0.05) is 52.0 Å². The van der Waals surface area contributed by atoms with E-state index in [0.29, 0.717) is 11.8 Å². The molecule has 0 saturated heterocycles. The molecule has 0 amide bonds. The number of hydrogen-bond donors (Lipinski definition) is 1. The van der Waals surface area contributed by atoms with Gasteiger partial charge in [0.05, 0.1) is 0 Å². The summed E-state index contributed by atoms with van der Waals surface area (Å²) in [5, 5.41) is 0. The zero-order valence-electron chi connectivity index (χ0n) is 10.8. The van der Waals surface area contributed by atoms with E-state index in [9.17, 15) is 0 Å². The lowest BCUT2D eigenvalue weighted by molar-refractivity contribution is 0.669. The smallest absolute Gasteiger partial charge is 0.0390 e. The summed E-state index contributed by atoms with van der Waals surface area (Å²) in [6.07, 6.45) is 3.41. The van der Waals surface area contributed by atoms with E-state index in [1.807, 2.05) is 12.1 Å². The molecule has 0 saturated carbocycles. The molecule has 1 aromatic rings. The molecule has 0 fully saturated rings. The molecule has 2 N–H and O–H groups in total. The van der Waals surface area contributed by atoms with Gasteiger partial charge in [0.25, 0.3) is 0 Å². The number of benzene rings is 1. The van der Waals surface area contributed by atoms with Gasteiger partial charge in [-0.15, -0.1) is 0 Å². The van der Waals surface area contributed by atoms with Crippen LogP contribution in [-0.2, 0) is 0 Å². The molecule has 0 radical (unpaired) electrons. The highest BCUT2D eigenvalue weighted by molar-refractivity contribution is 5.75. The second-order valence-electron chi connectivity index (χ2n) is 5.12. The van der Waals surface area contributed by atoms with Crippen LogP contribution in [0.15, 0.2) is 30.3 Å². The maximum Gasteiger partial charge on any atom is 0.0390 e. The monoisotopic (exact) mass is 217 g/mol. The fraction of sp³-hybridized carbons (Fsp3) is 0.467. The molecular formula is C15H23N. The lowest BCUT2D eigenvalue weighted by atomic mass is 9.93. The van der Waals surface area contributed by atoms with Crippen molar-refractivity contribution in [3.05, 3.63) is 35.9 Å². The first-order valence-electron chi connectivity index (χ1n) is 6.06. The van der Waals surface area contributed by atoms with E-state index < -0.39 is 0 Å². The molecule has 1 aromatic carbocycles. The molecule has 1 nitrogen and oxygen atoms in total. The second-order valence-corrected chi connectivity index (χ2v) is 5.12. The van der Waals surface area contributed by atoms with E-state index >= 15 is 0 Å². The quantitative estimate of drug-likeness (QED) is 0.745. The van der Waals surface area contributed by atoms with Crippen LogP contribution in [-0.4, -0.2) is 0 Å². The molecule has 0 unspecified atom stereocenters. The Labute approximate surface area is 99.4 Å². The van der Waals surface area contributed by atoms with Gasteiger partial charge in [0, 0.05) is 11.3 Å². The molecule has 0 bridgehead atoms. The third-order valence-electron chi connectivity index (χ3n) is 2.47. The number of anilines is 1. The average molecular weight is 217 g/mol. The molecule has 88 valence electrons. The summed E-state index contributed by atoms with van der Waals surface area (Å²) < 4.78 is 0. The topological polar surface area (TPSA) is 26.0 Å². The van der Waals surface area contributed by atoms with Crippen molar-refractivity contribution in [2.75, 3.05) is 5.73 Å². The van der Waals surface area contributed by atoms with Crippen molar-refractivity contribution in [1.29, 1.82) is 0 Å². The summed E-state index contributed by atoms with van der Waals surface area (Å²) in [6, 6.07) is 8.14. The highest BCUT2D eigenvalue weighted by Crippen LogP contribution is 2.28. The predicted molar refractivity (Wildman–Crippen MR) is 73.1 cm³/mol. The third-order valence-corrected chi connectivity index (χ3v) is 2.47. The highest BCUT2D eigenvalue weighted by Gasteiger charge is 2.08. The average Bonchev–Trinajstić information content (AvgIpc) is 2.15. The lowest BCUT2D eigenvalue weighted by Gasteiger charge is -2.14. The minimum Gasteiger partial charge on any atom is -0.398 e. The van der Waals surface area contributed by atoms with Gasteiger partial charge < -0.3 is 5.73 Å². The molecule has 16 heavy (non-hydrogen) atoms. The van der Waals surface area contributed by atoms with Gasteiger partial charge >= 0.3 is 0 Å². The molecule has 0 aliphatic heterocycles. The Bertz CT molecular complexity index is 361. The van der Waals surface area contributed by atoms with Crippen molar-refractivity contribution in [1.82, 2.24) is 0 Å². The predicted octanol–water partition coefficient (Wildman–Crippen LogP) is 4.35. The van der Waals surface area contributed by atoms with Crippen molar-refractivity contribution in [3.8, 4) is 0 Å². The standard InChI is InChI=1S/C15H23N/c1-11(2)9-13(10-12(3)4)14-7-5-6-8-15(14)16/h5-9,11-12H,10,16H2,1-4H3/b13-9-. The number of nitrogens with two attached hydrogens (primary N) is 1. The summed E-state index contributed by atoms with van der Waals surface area (Å²) in [4.78, 5) is 0. The molecular weight excluding hydrogens is 194 g/mol. The van der Waals surface area contributed by atoms with Crippen molar-refractivity contribution < 1.29 is 0 Å². The lowest BCUT2D eigenvalue weighted by Crippen LogP contribution is -1.98. The summed E-state index contributed by atoms with van der Waals surface area (Å²) in [6.45, 7) is 8.90. The Kier molecular flexibility index (Phi) is 4.60. The van der Waals surface area contributed by atoms with Gasteiger partial charge in [-0.05, 0) is 29.9 Å². The number of hydrogen-bond acceptors (Lipinski definition) is 1. The van der Waals surface area contributed by atoms with E-state index in [1.54, 1.807) is 0 Å². The van der Waals surface area contributed by atoms with Crippen LogP contribution in [0.5, 0.6) is 0 Å². The zero-order valence-corrected chi connectivity index (χ0v) is 10.8. The molecule has 0 aliphatic carbocycles. The SMILES string of the molecule is CC(C)/C=C(/CC(C)C)c1ccccc1N. The number of allylic oxidation sites excluding steroid dienone is 2. The van der Waals surface area contributed by atoms with Gasteiger partial charge in [0.1, 0.15) is 0 Å². The molecule has 0 spiro atoms. The van der Waals surface area contributed by atoms with Crippen molar-refractivity contribution in [2.24, 2.45) is 11.8 Å². The Morgan fingerprint density at radius 1 is 1.19 bits per heavy atom. The number of rotatable bonds is 4. The highest BCUT2D eigenvalue weighted by atomic mass is 14.6. The first kappa shape index (κ1) is 12.8. The molecule has 0 heterocycles. The van der Waals surface area contributed by atoms with Gasteiger partial charge in [-0.2, -0.15) is 0 Å². The van der Waals surface area contributed by atoms with Crippen LogP contribution in [0.2, 0.25) is 0 Å². The fourth-order valence-corrected chi connectivity index (χ4v) is 1.90. The van der Waals surface area contributed by atoms with E-state index in [0.717, 1.165) is 12.1 Å². The van der Waals surface area contributed by atoms with Gasteiger partial charge in [-0.3, -0.25) is 0 Å². The first-order valence-corrected chi connectivity index (χ1v) is 6.06. The van der Waals surface area contributed by atoms with E-state index in [1.165, 1.54) is 11.1 Å². The summed E-state index contributed by atoms with van der Waals surface area (Å²) in [5.74, 6) is 1.22. The normalized spacial score (nSPS) is 12.5. The van der Waals surface area contributed by atoms with E-state index in [4.69, 9.17) is 5.73 Å². The largest absolute Gasteiger partial charge is 0.398 e. The molecule has 0 aliphatic rings. The minimum absolute atomic E-state index is 0.563. The van der Waals surface area contributed by atoms with Crippen LogP contribution >= 0.6 is 0 Å². The Hall–Kier alpha value is -1.24.